The summed E-state index contributed by atoms with van der Waals surface area (Å²) in [7, 11) is 0. The van der Waals surface area contributed by atoms with Crippen molar-refractivity contribution >= 4 is 5.91 Å². The fourth-order valence-electron chi connectivity index (χ4n) is 2.83. The Hall–Kier alpha value is -2.55. The topological polar surface area (TPSA) is 72.2 Å². The first-order valence-electron chi connectivity index (χ1n) is 7.78. The minimum atomic E-state index is -4.35. The van der Waals surface area contributed by atoms with E-state index in [1.165, 1.54) is 12.3 Å². The number of carbonyl (C=O) groups is 1. The van der Waals surface area contributed by atoms with Crippen LogP contribution in [0.25, 0.3) is 0 Å². The molecule has 0 atom stereocenters. The van der Waals surface area contributed by atoms with Gasteiger partial charge in [-0.2, -0.15) is 13.2 Å². The molecule has 0 radical (unpaired) electrons. The number of H-pyrrole nitrogens is 2. The van der Waals surface area contributed by atoms with Gasteiger partial charge in [0.25, 0.3) is 5.91 Å². The molecule has 0 saturated carbocycles. The molecule has 3 rings (SSSR count). The Labute approximate surface area is 141 Å². The Bertz CT molecular complexity index is 804. The second kappa shape index (κ2) is 6.75. The molecule has 2 heterocycles. The predicted octanol–water partition coefficient (Wildman–Crippen LogP) is 1.68. The van der Waals surface area contributed by atoms with Crippen molar-refractivity contribution in [3.05, 3.63) is 57.8 Å². The molecule has 2 N–H and O–H groups in total. The number of halogens is 3. The zero-order valence-electron chi connectivity index (χ0n) is 13.3. The van der Waals surface area contributed by atoms with Gasteiger partial charge in [0.2, 0.25) is 0 Å². The highest BCUT2D eigenvalue weighted by Crippen LogP contribution is 2.29. The van der Waals surface area contributed by atoms with Crippen LogP contribution in [-0.2, 0) is 12.7 Å². The van der Waals surface area contributed by atoms with Gasteiger partial charge in [0.05, 0.1) is 5.56 Å². The lowest BCUT2D eigenvalue weighted by Crippen LogP contribution is -2.48. The van der Waals surface area contributed by atoms with Gasteiger partial charge in [0, 0.05) is 38.9 Å². The maximum absolute atomic E-state index is 12.8. The summed E-state index contributed by atoms with van der Waals surface area (Å²) in [4.78, 5) is 31.7. The number of alkyl halides is 3. The van der Waals surface area contributed by atoms with Crippen molar-refractivity contribution in [3.8, 4) is 0 Å². The molecule has 9 heteroatoms. The summed E-state index contributed by atoms with van der Waals surface area (Å²) in [6.07, 6.45) is -3.02. The molecule has 0 bridgehead atoms. The molecule has 6 nitrogen and oxygen atoms in total. The number of hydrogen-bond donors (Lipinski definition) is 2. The monoisotopic (exact) mass is 354 g/mol. The minimum absolute atomic E-state index is 0.205. The molecular formula is C16H17F3N4O2. The second-order valence-electron chi connectivity index (χ2n) is 5.92. The molecule has 0 unspecified atom stereocenters. The third-order valence-corrected chi connectivity index (χ3v) is 4.15. The minimum Gasteiger partial charge on any atom is -0.335 e. The van der Waals surface area contributed by atoms with Gasteiger partial charge in [-0.25, -0.2) is 4.79 Å². The fraction of sp³-hybridized carbons (Fsp3) is 0.375. The van der Waals surface area contributed by atoms with Crippen molar-refractivity contribution in [2.45, 2.75) is 12.7 Å². The lowest BCUT2D eigenvalue weighted by atomic mass is 10.1. The van der Waals surface area contributed by atoms with Crippen molar-refractivity contribution in [1.29, 1.82) is 0 Å². The summed E-state index contributed by atoms with van der Waals surface area (Å²) in [6.45, 7) is 2.40. The Kier molecular flexibility index (Phi) is 4.67. The van der Waals surface area contributed by atoms with E-state index in [0.717, 1.165) is 12.1 Å². The molecule has 1 fully saturated rings. The number of benzene rings is 1. The van der Waals surface area contributed by atoms with E-state index in [4.69, 9.17) is 0 Å². The maximum Gasteiger partial charge on any atom is 0.416 e. The highest BCUT2D eigenvalue weighted by atomic mass is 19.4. The number of aromatic amines is 2. The van der Waals surface area contributed by atoms with E-state index >= 15 is 0 Å². The number of aromatic nitrogens is 2. The van der Waals surface area contributed by atoms with E-state index in [9.17, 15) is 22.8 Å². The number of hydrogen-bond acceptors (Lipinski definition) is 3. The lowest BCUT2D eigenvalue weighted by Gasteiger charge is -2.34. The molecule has 25 heavy (non-hydrogen) atoms. The average molecular weight is 354 g/mol. The molecule has 1 aromatic carbocycles. The third kappa shape index (κ3) is 4.11. The van der Waals surface area contributed by atoms with Crippen LogP contribution in [0, 0.1) is 0 Å². The van der Waals surface area contributed by atoms with Crippen LogP contribution in [0.1, 0.15) is 21.6 Å². The molecule has 1 amide bonds. The summed E-state index contributed by atoms with van der Waals surface area (Å²) in [5.74, 6) is -0.267. The number of rotatable bonds is 3. The average Bonchev–Trinajstić information content (AvgIpc) is 3.01. The first-order chi connectivity index (χ1) is 11.8. The van der Waals surface area contributed by atoms with Gasteiger partial charge in [-0.15, -0.1) is 0 Å². The molecule has 1 aliphatic rings. The highest BCUT2D eigenvalue weighted by Gasteiger charge is 2.30. The number of nitrogens with zero attached hydrogens (tertiary/aromatic N) is 2. The standard InChI is InChI=1S/C16H17F3N4O2/c17-16(18,19)12-3-1-2-11(8-12)10-22-4-6-23(7-5-22)14(24)13-9-20-15(25)21-13/h1-3,8-9H,4-7,10H2,(H2,20,21,25). The lowest BCUT2D eigenvalue weighted by molar-refractivity contribution is -0.137. The van der Waals surface area contributed by atoms with Crippen molar-refractivity contribution in [1.82, 2.24) is 19.8 Å². The quantitative estimate of drug-likeness (QED) is 0.881. The molecule has 0 aliphatic carbocycles. The molecule has 1 aliphatic heterocycles. The SMILES string of the molecule is O=C(c1c[nH]c(=O)[nH]1)N1CCN(Cc2cccc(C(F)(F)F)c2)CC1. The van der Waals surface area contributed by atoms with E-state index in [1.54, 1.807) is 11.0 Å². The number of imidazole rings is 1. The van der Waals surface area contributed by atoms with Crippen LogP contribution in [0.15, 0.2) is 35.3 Å². The molecular weight excluding hydrogens is 337 g/mol. The summed E-state index contributed by atoms with van der Waals surface area (Å²) < 4.78 is 38.3. The summed E-state index contributed by atoms with van der Waals surface area (Å²) in [6, 6.07) is 5.28. The third-order valence-electron chi connectivity index (χ3n) is 4.15. The van der Waals surface area contributed by atoms with Gasteiger partial charge < -0.3 is 14.9 Å². The zero-order valence-corrected chi connectivity index (χ0v) is 13.3. The zero-order chi connectivity index (χ0) is 18.0. The Morgan fingerprint density at radius 1 is 1.16 bits per heavy atom. The van der Waals surface area contributed by atoms with Crippen molar-refractivity contribution in [3.63, 3.8) is 0 Å². The van der Waals surface area contributed by atoms with E-state index in [0.29, 0.717) is 38.3 Å². The van der Waals surface area contributed by atoms with Crippen molar-refractivity contribution < 1.29 is 18.0 Å². The van der Waals surface area contributed by atoms with Crippen LogP contribution < -0.4 is 5.69 Å². The number of amides is 1. The summed E-state index contributed by atoms with van der Waals surface area (Å²) in [5.41, 5.74) is -0.303. The Balaban J connectivity index is 1.58. The summed E-state index contributed by atoms with van der Waals surface area (Å²) in [5, 5.41) is 0. The molecule has 1 saturated heterocycles. The van der Waals surface area contributed by atoms with Crippen molar-refractivity contribution in [2.75, 3.05) is 26.2 Å². The van der Waals surface area contributed by atoms with Crippen LogP contribution in [0.2, 0.25) is 0 Å². The van der Waals surface area contributed by atoms with Gasteiger partial charge in [-0.1, -0.05) is 18.2 Å². The van der Waals surface area contributed by atoms with Crippen molar-refractivity contribution in [2.24, 2.45) is 0 Å². The van der Waals surface area contributed by atoms with Crippen LogP contribution in [0.5, 0.6) is 0 Å². The van der Waals surface area contributed by atoms with Crippen LogP contribution in [-0.4, -0.2) is 51.9 Å². The van der Waals surface area contributed by atoms with E-state index < -0.39 is 17.4 Å². The second-order valence-corrected chi connectivity index (χ2v) is 5.92. The first kappa shape index (κ1) is 17.3. The molecule has 0 spiro atoms. The van der Waals surface area contributed by atoms with E-state index in [1.807, 2.05) is 4.90 Å². The highest BCUT2D eigenvalue weighted by molar-refractivity contribution is 5.92. The number of nitrogens with one attached hydrogen (secondary N) is 2. The van der Waals surface area contributed by atoms with Gasteiger partial charge in [-0.05, 0) is 11.6 Å². The van der Waals surface area contributed by atoms with Crippen LogP contribution in [0.3, 0.4) is 0 Å². The Morgan fingerprint density at radius 3 is 2.48 bits per heavy atom. The summed E-state index contributed by atoms with van der Waals surface area (Å²) >= 11 is 0. The number of piperazine rings is 1. The fourth-order valence-corrected chi connectivity index (χ4v) is 2.83. The van der Waals surface area contributed by atoms with Crippen LogP contribution in [0.4, 0.5) is 13.2 Å². The van der Waals surface area contributed by atoms with Gasteiger partial charge >= 0.3 is 11.9 Å². The van der Waals surface area contributed by atoms with E-state index in [2.05, 4.69) is 9.97 Å². The Morgan fingerprint density at radius 2 is 1.88 bits per heavy atom. The predicted molar refractivity (Wildman–Crippen MR) is 84.0 cm³/mol. The molecule has 134 valence electrons. The van der Waals surface area contributed by atoms with Gasteiger partial charge in [0.15, 0.2) is 0 Å². The van der Waals surface area contributed by atoms with Crippen LogP contribution >= 0.6 is 0 Å². The largest absolute Gasteiger partial charge is 0.416 e. The van der Waals surface area contributed by atoms with Gasteiger partial charge in [0.1, 0.15) is 5.69 Å². The van der Waals surface area contributed by atoms with Gasteiger partial charge in [-0.3, -0.25) is 9.69 Å². The smallest absolute Gasteiger partial charge is 0.335 e. The normalized spacial score (nSPS) is 16.2. The first-order valence-corrected chi connectivity index (χ1v) is 7.78. The molecule has 2 aromatic rings. The molecule has 1 aromatic heterocycles. The maximum atomic E-state index is 12.8. The number of carbonyl (C=O) groups excluding carboxylic acids is 1. The van der Waals surface area contributed by atoms with E-state index in [-0.39, 0.29) is 11.6 Å².